The number of ether oxygens (including phenoxy) is 1. The van der Waals surface area contributed by atoms with E-state index in [0.717, 1.165) is 0 Å². The third-order valence-electron chi connectivity index (χ3n) is 10.1. The summed E-state index contributed by atoms with van der Waals surface area (Å²) in [5.74, 6) is -2.36. The van der Waals surface area contributed by atoms with E-state index in [4.69, 9.17) is 4.74 Å². The molecule has 2 N–H and O–H groups in total. The molecule has 0 spiro atoms. The molecule has 5 rings (SSSR count). The summed E-state index contributed by atoms with van der Waals surface area (Å²) in [6.07, 6.45) is 2.67. The Bertz CT molecular complexity index is 954. The van der Waals surface area contributed by atoms with Crippen LogP contribution >= 0.6 is 0 Å². The number of methoxy groups -OCH3 is 1. The summed E-state index contributed by atoms with van der Waals surface area (Å²) in [6, 6.07) is -0.291. The number of nitrogens with one attached hydrogen (secondary N) is 1. The summed E-state index contributed by atoms with van der Waals surface area (Å²) in [4.78, 5) is 14.7. The molecule has 7 nitrogen and oxygen atoms in total. The van der Waals surface area contributed by atoms with E-state index < -0.39 is 41.7 Å². The molecule has 2 heterocycles. The molecule has 1 amide bonds. The minimum Gasteiger partial charge on any atom is -0.383 e. The number of nitrogens with zero attached hydrogens (tertiary/aromatic N) is 3. The minimum absolute atomic E-state index is 0.00253. The van der Waals surface area contributed by atoms with E-state index in [0.29, 0.717) is 64.5 Å². The van der Waals surface area contributed by atoms with Gasteiger partial charge in [0.2, 0.25) is 5.91 Å². The second-order valence-corrected chi connectivity index (χ2v) is 12.2. The van der Waals surface area contributed by atoms with Crippen molar-refractivity contribution in [2.75, 3.05) is 27.3 Å². The number of carbonyl (C=O) groups excluding carboxylic acids is 1. The van der Waals surface area contributed by atoms with Crippen molar-refractivity contribution in [3.8, 4) is 0 Å². The molecule has 220 valence electrons. The van der Waals surface area contributed by atoms with Gasteiger partial charge >= 0.3 is 6.18 Å². The number of aliphatic hydroxyl groups is 1. The summed E-state index contributed by atoms with van der Waals surface area (Å²) >= 11 is 0. The number of carbonyl (C=O) groups is 1. The molecule has 3 saturated carbocycles. The molecule has 11 heteroatoms. The van der Waals surface area contributed by atoms with E-state index in [-0.39, 0.29) is 42.3 Å². The van der Waals surface area contributed by atoms with Gasteiger partial charge in [-0.3, -0.25) is 9.80 Å². The number of amides is 1. The van der Waals surface area contributed by atoms with E-state index in [9.17, 15) is 27.5 Å². The predicted octanol–water partition coefficient (Wildman–Crippen LogP) is 4.02. The zero-order chi connectivity index (χ0) is 27.9. The molecule has 3 fully saturated rings. The van der Waals surface area contributed by atoms with Gasteiger partial charge in [-0.05, 0) is 63.4 Å². The number of hydrazone groups is 1. The first-order chi connectivity index (χ1) is 18.6. The topological polar surface area (TPSA) is 77.4 Å². The fourth-order valence-corrected chi connectivity index (χ4v) is 8.16. The summed E-state index contributed by atoms with van der Waals surface area (Å²) < 4.78 is 63.5. The Morgan fingerprint density at radius 3 is 2.59 bits per heavy atom. The number of hydrogen-bond acceptors (Lipinski definition) is 6. The molecule has 2 aliphatic heterocycles. The second-order valence-electron chi connectivity index (χ2n) is 12.2. The Labute approximate surface area is 228 Å². The van der Waals surface area contributed by atoms with Gasteiger partial charge in [0.25, 0.3) is 0 Å². The van der Waals surface area contributed by atoms with Crippen molar-refractivity contribution in [1.29, 1.82) is 0 Å². The smallest absolute Gasteiger partial charge is 0.383 e. The van der Waals surface area contributed by atoms with Gasteiger partial charge in [0.05, 0.1) is 18.6 Å². The molecule has 3 aliphatic carbocycles. The molecule has 0 bridgehead atoms. The Morgan fingerprint density at radius 1 is 1.15 bits per heavy atom. The maximum atomic E-state index is 15.0. The van der Waals surface area contributed by atoms with Crippen LogP contribution in [0.15, 0.2) is 16.9 Å². The lowest BCUT2D eigenvalue weighted by atomic mass is 9.63. The zero-order valence-electron chi connectivity index (χ0n) is 22.9. The number of fused-ring (bicyclic) bond motifs is 2. The Balaban J connectivity index is 1.33. The molecule has 0 aromatic heterocycles. The highest BCUT2D eigenvalue weighted by atomic mass is 19.4. The molecule has 0 aromatic carbocycles. The molecule has 0 saturated heterocycles. The normalized spacial score (nSPS) is 38.2. The largest absolute Gasteiger partial charge is 0.421 e. The van der Waals surface area contributed by atoms with Gasteiger partial charge in [0.1, 0.15) is 6.17 Å². The van der Waals surface area contributed by atoms with Crippen molar-refractivity contribution < 1.29 is 32.2 Å². The van der Waals surface area contributed by atoms with Crippen LogP contribution in [0.4, 0.5) is 17.6 Å². The summed E-state index contributed by atoms with van der Waals surface area (Å²) in [7, 11) is 3.26. The maximum Gasteiger partial charge on any atom is 0.421 e. The third kappa shape index (κ3) is 5.18. The average molecular weight is 559 g/mol. The van der Waals surface area contributed by atoms with Gasteiger partial charge in [-0.25, -0.2) is 4.39 Å². The van der Waals surface area contributed by atoms with Gasteiger partial charge in [0, 0.05) is 63.0 Å². The van der Waals surface area contributed by atoms with Crippen LogP contribution in [-0.4, -0.2) is 90.5 Å². The number of halogens is 4. The Kier molecular flexibility index (Phi) is 8.21. The van der Waals surface area contributed by atoms with E-state index in [2.05, 4.69) is 10.4 Å². The highest BCUT2D eigenvalue weighted by Crippen LogP contribution is 2.55. The van der Waals surface area contributed by atoms with Crippen LogP contribution in [-0.2, 0) is 9.53 Å². The molecule has 7 atom stereocenters. The summed E-state index contributed by atoms with van der Waals surface area (Å²) in [5, 5.41) is 21.2. The number of rotatable bonds is 7. The Hall–Kier alpha value is -1.88. The first-order valence-electron chi connectivity index (χ1n) is 14.5. The fourth-order valence-electron chi connectivity index (χ4n) is 8.16. The molecule has 0 aromatic rings. The van der Waals surface area contributed by atoms with Crippen molar-refractivity contribution in [3.63, 3.8) is 0 Å². The van der Waals surface area contributed by atoms with Gasteiger partial charge in [-0.2, -0.15) is 18.3 Å². The monoisotopic (exact) mass is 558 g/mol. The highest BCUT2D eigenvalue weighted by Gasteiger charge is 2.65. The van der Waals surface area contributed by atoms with E-state index in [1.54, 1.807) is 25.3 Å². The molecular weight excluding hydrogens is 516 g/mol. The van der Waals surface area contributed by atoms with Crippen LogP contribution in [0.2, 0.25) is 0 Å². The lowest BCUT2D eigenvalue weighted by Crippen LogP contribution is -2.58. The van der Waals surface area contributed by atoms with Crippen LogP contribution in [0, 0.1) is 23.7 Å². The second kappa shape index (κ2) is 11.2. The van der Waals surface area contributed by atoms with Gasteiger partial charge in [-0.1, -0.05) is 6.42 Å². The minimum atomic E-state index is -4.85. The standard InChI is InChI=1S/C28H42F4N4O3/c1-35-16-23(21-4-3-5-22(25(21)35)26(37)33-12-13-39-2)27(38,28(30,31)32)18-6-11-24-17(14-18)15-34-36(24)20-9-7-19(29)8-10-20/h15-22,24-25,38H,3-14H2,1-2H3,(H,33,37). The molecule has 7 unspecified atom stereocenters. The lowest BCUT2D eigenvalue weighted by molar-refractivity contribution is -0.270. The summed E-state index contributed by atoms with van der Waals surface area (Å²) in [5.41, 5.74) is -2.96. The van der Waals surface area contributed by atoms with Gasteiger partial charge in [0.15, 0.2) is 5.60 Å². The average Bonchev–Trinajstić information content (AvgIpc) is 3.49. The van der Waals surface area contributed by atoms with E-state index in [1.165, 1.54) is 6.20 Å². The molecule has 0 radical (unpaired) electrons. The number of hydrogen-bond donors (Lipinski definition) is 2. The first-order valence-corrected chi connectivity index (χ1v) is 14.5. The van der Waals surface area contributed by atoms with Crippen LogP contribution in [0.5, 0.6) is 0 Å². The van der Waals surface area contributed by atoms with Crippen molar-refractivity contribution in [2.24, 2.45) is 28.8 Å². The van der Waals surface area contributed by atoms with Crippen molar-refractivity contribution in [3.05, 3.63) is 11.8 Å². The first kappa shape index (κ1) is 28.6. The van der Waals surface area contributed by atoms with Crippen LogP contribution < -0.4 is 5.32 Å². The van der Waals surface area contributed by atoms with Crippen LogP contribution in [0.3, 0.4) is 0 Å². The molecule has 39 heavy (non-hydrogen) atoms. The lowest BCUT2D eigenvalue weighted by Gasteiger charge is -2.47. The predicted molar refractivity (Wildman–Crippen MR) is 138 cm³/mol. The van der Waals surface area contributed by atoms with E-state index in [1.807, 2.05) is 5.01 Å². The number of alkyl halides is 4. The van der Waals surface area contributed by atoms with Crippen molar-refractivity contribution in [2.45, 2.75) is 100 Å². The quantitative estimate of drug-likeness (QED) is 0.365. The van der Waals surface area contributed by atoms with Crippen molar-refractivity contribution in [1.82, 2.24) is 15.2 Å². The Morgan fingerprint density at radius 2 is 1.90 bits per heavy atom. The third-order valence-corrected chi connectivity index (χ3v) is 10.1. The maximum absolute atomic E-state index is 15.0. The van der Waals surface area contributed by atoms with E-state index >= 15 is 0 Å². The highest BCUT2D eigenvalue weighted by molar-refractivity contribution is 5.80. The molecular formula is C28H42F4N4O3. The SMILES string of the molecule is COCCNC(=O)C1CCCC2C(C(O)(C3CCC4C(C=NN4C4CCC(F)CC4)C3)C(F)(F)F)=CN(C)C12. The van der Waals surface area contributed by atoms with Crippen LogP contribution in [0.25, 0.3) is 0 Å². The van der Waals surface area contributed by atoms with Crippen molar-refractivity contribution >= 4 is 12.1 Å². The van der Waals surface area contributed by atoms with Gasteiger partial charge < -0.3 is 20.1 Å². The zero-order valence-corrected chi connectivity index (χ0v) is 22.9. The van der Waals surface area contributed by atoms with Gasteiger partial charge in [-0.15, -0.1) is 0 Å². The molecule has 5 aliphatic rings. The fraction of sp³-hybridized carbons (Fsp3) is 0.857. The summed E-state index contributed by atoms with van der Waals surface area (Å²) in [6.45, 7) is 0.708. The van der Waals surface area contributed by atoms with Crippen LogP contribution in [0.1, 0.15) is 64.2 Å².